The molecule has 0 radical (unpaired) electrons. The Kier molecular flexibility index (Phi) is 3.21. The average molecular weight is 521 g/mol. The van der Waals surface area contributed by atoms with Crippen LogP contribution in [0.4, 0.5) is 5.69 Å². The van der Waals surface area contributed by atoms with E-state index in [9.17, 15) is 9.90 Å². The number of hydrogen-bond donors (Lipinski definition) is 0. The normalized spacial score (nSPS) is 33.1. The number of carbonyl (C=O) groups excluding carboxylic acids is 1. The van der Waals surface area contributed by atoms with Crippen molar-refractivity contribution in [2.24, 2.45) is 0 Å². The molecule has 0 saturated carbocycles. The molecule has 4 aliphatic rings. The predicted molar refractivity (Wildman–Crippen MR) is 153 cm³/mol. The van der Waals surface area contributed by atoms with Crippen LogP contribution in [0.5, 0.6) is 0 Å². The van der Waals surface area contributed by atoms with E-state index in [2.05, 4.69) is 0 Å². The summed E-state index contributed by atoms with van der Waals surface area (Å²) in [7, 11) is -3.00. The molecule has 4 nitrogen and oxygen atoms in total. The molecule has 0 aromatic heterocycles. The molecule has 0 unspecified atom stereocenters. The third-order valence-electron chi connectivity index (χ3n) is 7.45. The van der Waals surface area contributed by atoms with E-state index in [1.54, 1.807) is 36.4 Å². The Morgan fingerprint density at radius 3 is 2.49 bits per heavy atom. The molecule has 2 fully saturated rings. The lowest BCUT2D eigenvalue weighted by Crippen LogP contribution is -2.50. The van der Waals surface area contributed by atoms with Crippen LogP contribution in [-0.2, 0) is 5.41 Å². The summed E-state index contributed by atoms with van der Waals surface area (Å²) in [5, 5.41) is 13.9. The Morgan fingerprint density at radius 2 is 1.78 bits per heavy atom. The number of aromatic carboxylic acids is 1. The van der Waals surface area contributed by atoms with Gasteiger partial charge >= 0.3 is 0 Å². The second kappa shape index (κ2) is 8.42. The van der Waals surface area contributed by atoms with Gasteiger partial charge in [-0.15, -0.1) is 0 Å². The number of carbonyl (C=O) groups is 1. The fourth-order valence-electron chi connectivity index (χ4n) is 5.27. The molecule has 3 heterocycles. The predicted octanol–water partition coefficient (Wildman–Crippen LogP) is 4.18. The molecule has 0 N–H and O–H groups in total. The van der Waals surface area contributed by atoms with Crippen LogP contribution in [0.25, 0.3) is 5.57 Å². The Hall–Kier alpha value is -3.18. The first-order valence-electron chi connectivity index (χ1n) is 18.2. The molecule has 3 aliphatic heterocycles. The molecule has 1 aliphatic carbocycles. The number of carboxylic acid groups (broad SMARTS) is 1. The van der Waals surface area contributed by atoms with Gasteiger partial charge in [0, 0.05) is 47.4 Å². The lowest BCUT2D eigenvalue weighted by Gasteiger charge is -2.40. The zero-order valence-corrected chi connectivity index (χ0v) is 22.4. The summed E-state index contributed by atoms with van der Waals surface area (Å²) in [5.74, 6) is -1.42. The zero-order valence-electron chi connectivity index (χ0n) is 33.4. The van der Waals surface area contributed by atoms with E-state index in [-0.39, 0.29) is 22.4 Å². The van der Waals surface area contributed by atoms with Gasteiger partial charge in [-0.3, -0.25) is 0 Å². The number of nitrogens with zero attached hydrogens (tertiary/aromatic N) is 2. The molecule has 0 bridgehead atoms. The number of benzene rings is 2. The minimum atomic E-state index is -3.00. The quantitative estimate of drug-likeness (QED) is 0.451. The van der Waals surface area contributed by atoms with Crippen molar-refractivity contribution in [3.8, 4) is 0 Å². The molecule has 0 amide bonds. The Bertz CT molecular complexity index is 1950. The number of allylic oxidation sites excluding steroid dienone is 5. The summed E-state index contributed by atoms with van der Waals surface area (Å²) < 4.78 is 101. The van der Waals surface area contributed by atoms with E-state index in [1.165, 1.54) is 18.2 Å². The monoisotopic (exact) mass is 520 g/mol. The summed E-state index contributed by atoms with van der Waals surface area (Å²) in [5.41, 5.74) is 2.52. The molecule has 2 aromatic rings. The molecule has 2 saturated heterocycles. The van der Waals surface area contributed by atoms with Crippen molar-refractivity contribution in [2.75, 3.05) is 30.9 Å². The maximum atomic E-state index is 12.6. The summed E-state index contributed by atoms with van der Waals surface area (Å²) in [6, 6.07) is 9.73. The third-order valence-corrected chi connectivity index (χ3v) is 11.0. The van der Waals surface area contributed by atoms with Gasteiger partial charge < -0.3 is 14.8 Å². The highest BCUT2D eigenvalue weighted by atomic mass is 28.3. The molecule has 190 valence electrons. The molecule has 5 heteroatoms. The molecule has 2 aromatic carbocycles. The molecule has 0 atom stereocenters. The number of fused-ring (bicyclic) bond motifs is 2. The van der Waals surface area contributed by atoms with Crippen LogP contribution in [0.3, 0.4) is 0 Å². The highest BCUT2D eigenvalue weighted by Gasteiger charge is 2.41. The highest BCUT2D eigenvalue weighted by molar-refractivity contribution is 6.98. The first-order chi connectivity index (χ1) is 22.1. The Balaban J connectivity index is 1.69. The molecular weight excluding hydrogens is 472 g/mol. The van der Waals surface area contributed by atoms with Crippen molar-refractivity contribution in [1.29, 1.82) is 0 Å². The van der Waals surface area contributed by atoms with Gasteiger partial charge in [-0.05, 0) is 74.3 Å². The summed E-state index contributed by atoms with van der Waals surface area (Å²) >= 11 is 0. The number of anilines is 1. The van der Waals surface area contributed by atoms with Gasteiger partial charge in [-0.2, -0.15) is 0 Å². The van der Waals surface area contributed by atoms with Crippen molar-refractivity contribution in [2.45, 2.75) is 52.0 Å². The number of hydrogen-bond acceptors (Lipinski definition) is 3. The standard InChI is InChI=1S/C32H36N2O2Si/c1-32(2,3)21-8-11-24(31(35)36)27(18-21)30-25-12-9-22(33-14-6-15-33)19-28(25)37(4,5)29-20-23(10-13-26(29)30)34-16-7-17-34/h8-13,18-20H,6-7,14-17H2,1-5H3/i6D2,7D2,14D2,15D2,16D2,17D2. The molecule has 0 spiro atoms. The fraction of sp³-hybridized carbons (Fsp3) is 0.375. The second-order valence-corrected chi connectivity index (χ2v) is 15.5. The van der Waals surface area contributed by atoms with Crippen LogP contribution < -0.4 is 15.2 Å². The fourth-order valence-corrected chi connectivity index (χ4v) is 8.34. The van der Waals surface area contributed by atoms with Crippen LogP contribution in [0.1, 0.15) is 77.0 Å². The molecule has 6 rings (SSSR count). The summed E-state index contributed by atoms with van der Waals surface area (Å²) in [6.45, 7) is -0.927. The van der Waals surface area contributed by atoms with Crippen LogP contribution in [0.2, 0.25) is 13.1 Å². The smallest absolute Gasteiger partial charge is 0.199 e. The van der Waals surface area contributed by atoms with Crippen molar-refractivity contribution in [3.63, 3.8) is 0 Å². The lowest BCUT2D eigenvalue weighted by atomic mass is 9.81. The van der Waals surface area contributed by atoms with Gasteiger partial charge in [-0.25, -0.2) is 4.58 Å². The van der Waals surface area contributed by atoms with Crippen LogP contribution in [0, 0.1) is 0 Å². The first-order valence-corrected chi connectivity index (χ1v) is 15.2. The summed E-state index contributed by atoms with van der Waals surface area (Å²) in [6.07, 6.45) is -0.882. The maximum Gasteiger partial charge on any atom is 0.199 e. The second-order valence-electron chi connectivity index (χ2n) is 11.1. The minimum absolute atomic E-state index is 0.0792. The van der Waals surface area contributed by atoms with Gasteiger partial charge in [0.2, 0.25) is 0 Å². The Labute approximate surface area is 238 Å². The largest absolute Gasteiger partial charge is 0.545 e. The van der Waals surface area contributed by atoms with Gasteiger partial charge in [0.1, 0.15) is 26.6 Å². The van der Waals surface area contributed by atoms with Gasteiger partial charge in [0.05, 0.1) is 12.3 Å². The number of carboxylic acids is 1. The first kappa shape index (κ1) is 14.1. The summed E-state index contributed by atoms with van der Waals surface area (Å²) in [4.78, 5) is 13.4. The van der Waals surface area contributed by atoms with Gasteiger partial charge in [0.15, 0.2) is 5.71 Å². The van der Waals surface area contributed by atoms with E-state index in [4.69, 9.17) is 16.4 Å². The third kappa shape index (κ3) is 3.86. The van der Waals surface area contributed by atoms with Crippen molar-refractivity contribution in [1.82, 2.24) is 0 Å². The highest BCUT2D eigenvalue weighted by Crippen LogP contribution is 2.43. The zero-order chi connectivity index (χ0) is 36.9. The van der Waals surface area contributed by atoms with E-state index < -0.39 is 52.8 Å². The van der Waals surface area contributed by atoms with Crippen LogP contribution in [0.15, 0.2) is 65.4 Å². The van der Waals surface area contributed by atoms with E-state index in [0.717, 1.165) is 15.0 Å². The molecular formula is C32H36N2O2Si. The van der Waals surface area contributed by atoms with Crippen molar-refractivity contribution >= 4 is 36.2 Å². The SMILES string of the molecule is [2H]C1([2H])N(c2ccc3c(c2)[Si](C)(C)C2=CC(=[N+]4C([2H])([2H])C([2H])([2H])C4([2H])[2H])C=CC2=C3c2cc(C(C)(C)C)ccc2C(=O)[O-])C([2H])([2H])C1([2H])[2H]. The van der Waals surface area contributed by atoms with E-state index in [0.29, 0.717) is 32.7 Å². The minimum Gasteiger partial charge on any atom is -0.545 e. The van der Waals surface area contributed by atoms with Gasteiger partial charge in [-0.1, -0.05) is 52.1 Å². The van der Waals surface area contributed by atoms with Crippen LogP contribution in [-0.4, -0.2) is 50.3 Å². The maximum absolute atomic E-state index is 12.6. The lowest BCUT2D eigenvalue weighted by molar-refractivity contribution is -0.582. The topological polar surface area (TPSA) is 46.4 Å². The van der Waals surface area contributed by atoms with Crippen molar-refractivity contribution in [3.05, 3.63) is 87.6 Å². The van der Waals surface area contributed by atoms with E-state index >= 15 is 0 Å². The molecule has 37 heavy (non-hydrogen) atoms. The Morgan fingerprint density at radius 1 is 1.03 bits per heavy atom. The van der Waals surface area contributed by atoms with Crippen molar-refractivity contribution < 1.29 is 30.9 Å². The number of rotatable bonds is 3. The average Bonchev–Trinajstić information content (AvgIpc) is 2.96. The van der Waals surface area contributed by atoms with Crippen LogP contribution >= 0.6 is 0 Å². The van der Waals surface area contributed by atoms with E-state index in [1.807, 2.05) is 33.9 Å². The van der Waals surface area contributed by atoms with Gasteiger partial charge in [0.25, 0.3) is 0 Å².